The van der Waals surface area contributed by atoms with Gasteiger partial charge in [-0.1, -0.05) is 30.3 Å². The number of rotatable bonds is 4. The molecule has 1 N–H and O–H groups in total. The fraction of sp³-hybridized carbons (Fsp3) is 0.375. The molecule has 1 heterocycles. The van der Waals surface area contributed by atoms with Crippen molar-refractivity contribution in [2.24, 2.45) is 12.0 Å². The van der Waals surface area contributed by atoms with Gasteiger partial charge in [-0.3, -0.25) is 4.68 Å². The molecule has 5 nitrogen and oxygen atoms in total. The van der Waals surface area contributed by atoms with Crippen LogP contribution in [0.1, 0.15) is 16.8 Å². The summed E-state index contributed by atoms with van der Waals surface area (Å²) in [5.74, 6) is 0.877. The average Bonchev–Trinajstić information content (AvgIpc) is 2.80. The first-order valence-electron chi connectivity index (χ1n) is 7.05. The van der Waals surface area contributed by atoms with Crippen molar-refractivity contribution in [1.82, 2.24) is 20.0 Å². The fourth-order valence-electron chi connectivity index (χ4n) is 2.00. The van der Waals surface area contributed by atoms with Crippen LogP contribution in [0, 0.1) is 6.92 Å². The summed E-state index contributed by atoms with van der Waals surface area (Å²) in [4.78, 5) is 6.64. The van der Waals surface area contributed by atoms with E-state index in [1.54, 1.807) is 0 Å². The van der Waals surface area contributed by atoms with Crippen LogP contribution in [0.4, 0.5) is 0 Å². The molecule has 0 spiro atoms. The van der Waals surface area contributed by atoms with E-state index >= 15 is 0 Å². The minimum atomic E-state index is 0. The third kappa shape index (κ3) is 5.01. The Labute approximate surface area is 149 Å². The van der Waals surface area contributed by atoms with E-state index in [9.17, 15) is 0 Å². The molecule has 0 bridgehead atoms. The summed E-state index contributed by atoms with van der Waals surface area (Å²) in [5, 5.41) is 7.64. The quantitative estimate of drug-likeness (QED) is 0.476. The van der Waals surface area contributed by atoms with Crippen LogP contribution in [0.15, 0.2) is 41.5 Å². The molecule has 0 fully saturated rings. The Morgan fingerprint density at radius 3 is 2.50 bits per heavy atom. The van der Waals surface area contributed by atoms with Crippen LogP contribution in [0.2, 0.25) is 0 Å². The number of nitrogens with one attached hydrogen (secondary N) is 1. The third-order valence-electron chi connectivity index (χ3n) is 3.45. The maximum atomic E-state index is 4.65. The first-order chi connectivity index (χ1) is 10.1. The van der Waals surface area contributed by atoms with Crippen LogP contribution in [0.3, 0.4) is 0 Å². The largest absolute Gasteiger partial charge is 0.352 e. The minimum Gasteiger partial charge on any atom is -0.352 e. The van der Waals surface area contributed by atoms with Gasteiger partial charge >= 0.3 is 0 Å². The number of aliphatic imine (C=N–C) groups is 1. The summed E-state index contributed by atoms with van der Waals surface area (Å²) in [6, 6.07) is 10.3. The number of halogens is 1. The van der Waals surface area contributed by atoms with Gasteiger partial charge in [0.15, 0.2) is 5.96 Å². The van der Waals surface area contributed by atoms with Crippen LogP contribution in [0.5, 0.6) is 0 Å². The molecule has 0 saturated carbocycles. The SMILES string of the molecule is Cc1c(CNC(=NCc2ccccc2)N(C)C)cnn1C.I. The Kier molecular flexibility index (Phi) is 7.37. The van der Waals surface area contributed by atoms with Gasteiger partial charge in [0.2, 0.25) is 0 Å². The van der Waals surface area contributed by atoms with Gasteiger partial charge in [0.1, 0.15) is 0 Å². The van der Waals surface area contributed by atoms with Crippen molar-refractivity contribution in [2.45, 2.75) is 20.0 Å². The molecule has 120 valence electrons. The molecule has 0 aliphatic rings. The Hall–Kier alpha value is -1.57. The number of aromatic nitrogens is 2. The molecule has 0 saturated heterocycles. The first kappa shape index (κ1) is 18.5. The molecule has 2 aromatic rings. The van der Waals surface area contributed by atoms with Crippen LogP contribution >= 0.6 is 24.0 Å². The van der Waals surface area contributed by atoms with Gasteiger partial charge in [0.05, 0.1) is 12.7 Å². The minimum absolute atomic E-state index is 0. The van der Waals surface area contributed by atoms with E-state index in [1.807, 2.05) is 55.1 Å². The van der Waals surface area contributed by atoms with Gasteiger partial charge in [-0.15, -0.1) is 24.0 Å². The highest BCUT2D eigenvalue weighted by Gasteiger charge is 2.06. The van der Waals surface area contributed by atoms with E-state index in [4.69, 9.17) is 0 Å². The summed E-state index contributed by atoms with van der Waals surface area (Å²) in [6.45, 7) is 3.47. The van der Waals surface area contributed by atoms with Crippen molar-refractivity contribution in [3.05, 3.63) is 53.3 Å². The highest BCUT2D eigenvalue weighted by Crippen LogP contribution is 2.05. The summed E-state index contributed by atoms with van der Waals surface area (Å²) in [7, 11) is 5.94. The van der Waals surface area contributed by atoms with Gasteiger partial charge in [0.25, 0.3) is 0 Å². The zero-order valence-corrected chi connectivity index (χ0v) is 15.9. The average molecular weight is 413 g/mol. The van der Waals surface area contributed by atoms with Gasteiger partial charge in [-0.25, -0.2) is 4.99 Å². The Balaban J connectivity index is 0.00000242. The second-order valence-corrected chi connectivity index (χ2v) is 5.25. The Morgan fingerprint density at radius 2 is 1.95 bits per heavy atom. The predicted molar refractivity (Wildman–Crippen MR) is 101 cm³/mol. The van der Waals surface area contributed by atoms with Crippen LogP contribution in [-0.4, -0.2) is 34.7 Å². The smallest absolute Gasteiger partial charge is 0.194 e. The highest BCUT2D eigenvalue weighted by molar-refractivity contribution is 14.0. The van der Waals surface area contributed by atoms with Gasteiger partial charge in [-0.2, -0.15) is 5.10 Å². The van der Waals surface area contributed by atoms with Crippen molar-refractivity contribution < 1.29 is 0 Å². The van der Waals surface area contributed by atoms with Gasteiger partial charge in [-0.05, 0) is 12.5 Å². The monoisotopic (exact) mass is 413 g/mol. The van der Waals surface area contributed by atoms with Crippen molar-refractivity contribution in [2.75, 3.05) is 14.1 Å². The van der Waals surface area contributed by atoms with E-state index in [0.717, 1.165) is 12.5 Å². The number of hydrogen-bond donors (Lipinski definition) is 1. The Bertz CT molecular complexity index is 604. The molecular formula is C16H24IN5. The first-order valence-corrected chi connectivity index (χ1v) is 7.05. The zero-order valence-electron chi connectivity index (χ0n) is 13.6. The molecule has 1 aromatic carbocycles. The summed E-state index contributed by atoms with van der Waals surface area (Å²) in [6.07, 6.45) is 1.90. The molecule has 0 unspecified atom stereocenters. The number of aryl methyl sites for hydroxylation is 1. The van der Waals surface area contributed by atoms with Crippen LogP contribution in [0.25, 0.3) is 0 Å². The van der Waals surface area contributed by atoms with Gasteiger partial charge < -0.3 is 10.2 Å². The van der Waals surface area contributed by atoms with Crippen molar-refractivity contribution >= 4 is 29.9 Å². The second kappa shape index (κ2) is 8.77. The maximum Gasteiger partial charge on any atom is 0.194 e. The molecule has 0 aliphatic carbocycles. The summed E-state index contributed by atoms with van der Waals surface area (Å²) < 4.78 is 1.88. The third-order valence-corrected chi connectivity index (χ3v) is 3.45. The van der Waals surface area contributed by atoms with E-state index in [0.29, 0.717) is 6.54 Å². The van der Waals surface area contributed by atoms with Gasteiger partial charge in [0, 0.05) is 38.9 Å². The summed E-state index contributed by atoms with van der Waals surface area (Å²) >= 11 is 0. The molecule has 2 rings (SSSR count). The molecule has 6 heteroatoms. The summed E-state index contributed by atoms with van der Waals surface area (Å²) in [5.41, 5.74) is 3.56. The fourth-order valence-corrected chi connectivity index (χ4v) is 2.00. The number of guanidine groups is 1. The van der Waals surface area contributed by atoms with E-state index in [1.165, 1.54) is 16.8 Å². The lowest BCUT2D eigenvalue weighted by Gasteiger charge is -2.17. The molecule has 0 radical (unpaired) electrons. The molecule has 0 aliphatic heterocycles. The lowest BCUT2D eigenvalue weighted by molar-refractivity contribution is 0.578. The maximum absolute atomic E-state index is 4.65. The Morgan fingerprint density at radius 1 is 1.27 bits per heavy atom. The highest BCUT2D eigenvalue weighted by atomic mass is 127. The normalized spacial score (nSPS) is 11.0. The molecule has 0 amide bonds. The zero-order chi connectivity index (χ0) is 15.2. The molecular weight excluding hydrogens is 389 g/mol. The predicted octanol–water partition coefficient (Wildman–Crippen LogP) is 2.55. The van der Waals surface area contributed by atoms with E-state index < -0.39 is 0 Å². The molecule has 0 atom stereocenters. The number of benzene rings is 1. The lowest BCUT2D eigenvalue weighted by atomic mass is 10.2. The van der Waals surface area contributed by atoms with Crippen LogP contribution < -0.4 is 5.32 Å². The van der Waals surface area contributed by atoms with E-state index in [2.05, 4.69) is 34.5 Å². The molecule has 1 aromatic heterocycles. The number of hydrogen-bond acceptors (Lipinski definition) is 2. The topological polar surface area (TPSA) is 45.5 Å². The van der Waals surface area contributed by atoms with Crippen LogP contribution in [-0.2, 0) is 20.1 Å². The van der Waals surface area contributed by atoms with Crippen molar-refractivity contribution in [3.8, 4) is 0 Å². The second-order valence-electron chi connectivity index (χ2n) is 5.25. The standard InChI is InChI=1S/C16H23N5.HI/c1-13-15(12-19-21(13)4)11-18-16(20(2)3)17-10-14-8-6-5-7-9-14;/h5-9,12H,10-11H2,1-4H3,(H,17,18);1H. The van der Waals surface area contributed by atoms with Crippen molar-refractivity contribution in [1.29, 1.82) is 0 Å². The molecule has 22 heavy (non-hydrogen) atoms. The lowest BCUT2D eigenvalue weighted by Crippen LogP contribution is -2.36. The van der Waals surface area contributed by atoms with Crippen molar-refractivity contribution in [3.63, 3.8) is 0 Å². The van der Waals surface area contributed by atoms with E-state index in [-0.39, 0.29) is 24.0 Å². The number of nitrogens with zero attached hydrogens (tertiary/aromatic N) is 4.